The number of carbonyl (C=O) groups is 1. The molecule has 2 aromatic rings. The van der Waals surface area contributed by atoms with Gasteiger partial charge in [0.25, 0.3) is 0 Å². The van der Waals surface area contributed by atoms with Gasteiger partial charge in [0.2, 0.25) is 15.9 Å². The molecule has 2 heterocycles. The zero-order valence-corrected chi connectivity index (χ0v) is 20.0. The first-order chi connectivity index (χ1) is 16.0. The van der Waals surface area contributed by atoms with Crippen LogP contribution >= 0.6 is 0 Å². The molecule has 2 fully saturated rings. The highest BCUT2D eigenvalue weighted by molar-refractivity contribution is 7.89. The Labute approximate surface area is 196 Å². The monoisotopic (exact) mass is 471 g/mol. The van der Waals surface area contributed by atoms with Gasteiger partial charge in [0, 0.05) is 26.2 Å². The van der Waals surface area contributed by atoms with Gasteiger partial charge in [-0.3, -0.25) is 9.69 Å². The van der Waals surface area contributed by atoms with Crippen molar-refractivity contribution in [2.24, 2.45) is 5.92 Å². The summed E-state index contributed by atoms with van der Waals surface area (Å²) in [6, 6.07) is 14.7. The van der Waals surface area contributed by atoms with E-state index >= 15 is 0 Å². The zero-order chi connectivity index (χ0) is 23.3. The van der Waals surface area contributed by atoms with Gasteiger partial charge >= 0.3 is 0 Å². The quantitative estimate of drug-likeness (QED) is 0.640. The van der Waals surface area contributed by atoms with Crippen LogP contribution in [-0.2, 0) is 27.9 Å². The number of likely N-dealkylation sites (tertiary alicyclic amines) is 1. The molecular weight excluding hydrogens is 438 g/mol. The van der Waals surface area contributed by atoms with Crippen LogP contribution in [0.25, 0.3) is 0 Å². The molecule has 178 valence electrons. The van der Waals surface area contributed by atoms with Crippen molar-refractivity contribution < 1.29 is 17.9 Å². The molecule has 1 amide bonds. The fraction of sp³-hybridized carbons (Fsp3) is 0.480. The molecule has 0 unspecified atom stereocenters. The number of hydrogen-bond acceptors (Lipinski definition) is 5. The van der Waals surface area contributed by atoms with Gasteiger partial charge in [-0.05, 0) is 74.2 Å². The predicted molar refractivity (Wildman–Crippen MR) is 127 cm³/mol. The van der Waals surface area contributed by atoms with Crippen molar-refractivity contribution in [3.05, 3.63) is 59.7 Å². The summed E-state index contributed by atoms with van der Waals surface area (Å²) in [6.45, 7) is 4.40. The Morgan fingerprint density at radius 3 is 2.30 bits per heavy atom. The molecule has 4 rings (SSSR count). The molecule has 0 radical (unpaired) electrons. The van der Waals surface area contributed by atoms with E-state index in [-0.39, 0.29) is 23.3 Å². The molecule has 0 aromatic heterocycles. The first-order valence-electron chi connectivity index (χ1n) is 11.7. The summed E-state index contributed by atoms with van der Waals surface area (Å²) < 4.78 is 32.6. The Hall–Kier alpha value is -2.42. The van der Waals surface area contributed by atoms with Gasteiger partial charge in [0.15, 0.2) is 0 Å². The normalized spacial score (nSPS) is 20.0. The van der Waals surface area contributed by atoms with E-state index in [1.807, 2.05) is 0 Å². The predicted octanol–water partition coefficient (Wildman–Crippen LogP) is 3.01. The van der Waals surface area contributed by atoms with Crippen LogP contribution in [0.4, 0.5) is 0 Å². The van der Waals surface area contributed by atoms with Crippen LogP contribution in [0.15, 0.2) is 53.4 Å². The summed E-state index contributed by atoms with van der Waals surface area (Å²) in [5, 5.41) is 3.00. The van der Waals surface area contributed by atoms with E-state index in [9.17, 15) is 13.2 Å². The lowest BCUT2D eigenvalue weighted by Gasteiger charge is -2.31. The van der Waals surface area contributed by atoms with E-state index in [1.54, 1.807) is 31.4 Å². The Bertz CT molecular complexity index is 1030. The van der Waals surface area contributed by atoms with Crippen LogP contribution in [-0.4, -0.2) is 56.8 Å². The fourth-order valence-electron chi connectivity index (χ4n) is 4.57. The van der Waals surface area contributed by atoms with Crippen LogP contribution < -0.4 is 10.1 Å². The van der Waals surface area contributed by atoms with Gasteiger partial charge in [0.1, 0.15) is 5.75 Å². The number of benzene rings is 2. The number of ether oxygens (including phenoxy) is 1. The van der Waals surface area contributed by atoms with Gasteiger partial charge in [-0.15, -0.1) is 0 Å². The highest BCUT2D eigenvalue weighted by Gasteiger charge is 2.33. The Morgan fingerprint density at radius 2 is 1.64 bits per heavy atom. The maximum absolute atomic E-state index is 13.0. The van der Waals surface area contributed by atoms with E-state index < -0.39 is 10.0 Å². The van der Waals surface area contributed by atoms with Crippen LogP contribution in [0.1, 0.15) is 36.8 Å². The smallest absolute Gasteiger partial charge is 0.243 e. The molecule has 8 heteroatoms. The lowest BCUT2D eigenvalue weighted by Crippen LogP contribution is -2.45. The summed E-state index contributed by atoms with van der Waals surface area (Å²) >= 11 is 0. The number of nitrogens with one attached hydrogen (secondary N) is 1. The topological polar surface area (TPSA) is 79.0 Å². The third kappa shape index (κ3) is 5.93. The van der Waals surface area contributed by atoms with Crippen LogP contribution in [0.5, 0.6) is 5.75 Å². The second kappa shape index (κ2) is 10.7. The van der Waals surface area contributed by atoms with E-state index in [0.29, 0.717) is 31.7 Å². The van der Waals surface area contributed by atoms with Crippen molar-refractivity contribution in [2.45, 2.75) is 43.7 Å². The van der Waals surface area contributed by atoms with Gasteiger partial charge in [-0.1, -0.05) is 24.3 Å². The summed E-state index contributed by atoms with van der Waals surface area (Å²) in [4.78, 5) is 15.5. The molecule has 1 N–H and O–H groups in total. The first kappa shape index (κ1) is 23.7. The lowest BCUT2D eigenvalue weighted by molar-refractivity contribution is -0.126. The molecule has 2 aliphatic heterocycles. The highest BCUT2D eigenvalue weighted by atomic mass is 32.2. The molecule has 1 atom stereocenters. The SMILES string of the molecule is COc1ccc(S(=O)(=O)N2CCC[C@H](C(=O)NCc3ccc(CN4CCCC4)cc3)C2)cc1. The molecule has 0 aliphatic carbocycles. The van der Waals surface area contributed by atoms with Gasteiger partial charge < -0.3 is 10.1 Å². The molecule has 2 aliphatic rings. The minimum atomic E-state index is -3.64. The summed E-state index contributed by atoms with van der Waals surface area (Å²) in [5.41, 5.74) is 2.34. The molecule has 7 nitrogen and oxygen atoms in total. The van der Waals surface area contributed by atoms with Crippen molar-refractivity contribution in [3.63, 3.8) is 0 Å². The Kier molecular flexibility index (Phi) is 7.67. The third-order valence-corrected chi connectivity index (χ3v) is 8.43. The minimum absolute atomic E-state index is 0.0919. The molecule has 0 spiro atoms. The number of hydrogen-bond donors (Lipinski definition) is 1. The third-order valence-electron chi connectivity index (χ3n) is 6.55. The second-order valence-electron chi connectivity index (χ2n) is 8.90. The molecule has 2 aromatic carbocycles. The second-order valence-corrected chi connectivity index (χ2v) is 10.8. The largest absolute Gasteiger partial charge is 0.497 e. The Morgan fingerprint density at radius 1 is 0.970 bits per heavy atom. The van der Waals surface area contributed by atoms with Crippen molar-refractivity contribution in [1.82, 2.24) is 14.5 Å². The Balaban J connectivity index is 1.31. The highest BCUT2D eigenvalue weighted by Crippen LogP contribution is 2.25. The van der Waals surface area contributed by atoms with E-state index in [4.69, 9.17) is 4.74 Å². The first-order valence-corrected chi connectivity index (χ1v) is 13.1. The molecule has 0 saturated carbocycles. The summed E-state index contributed by atoms with van der Waals surface area (Å²) in [7, 11) is -2.10. The van der Waals surface area contributed by atoms with Crippen LogP contribution in [0, 0.1) is 5.92 Å². The number of piperidine rings is 1. The average molecular weight is 472 g/mol. The molecule has 0 bridgehead atoms. The van der Waals surface area contributed by atoms with E-state index in [2.05, 4.69) is 34.5 Å². The number of carbonyl (C=O) groups excluding carboxylic acids is 1. The maximum atomic E-state index is 13.0. The van der Waals surface area contributed by atoms with Gasteiger partial charge in [-0.25, -0.2) is 8.42 Å². The van der Waals surface area contributed by atoms with Crippen molar-refractivity contribution in [3.8, 4) is 5.75 Å². The van der Waals surface area contributed by atoms with E-state index in [0.717, 1.165) is 12.1 Å². The number of nitrogens with zero attached hydrogens (tertiary/aromatic N) is 2. The van der Waals surface area contributed by atoms with Crippen LogP contribution in [0.3, 0.4) is 0 Å². The summed E-state index contributed by atoms with van der Waals surface area (Å²) in [5.74, 6) is 0.168. The number of rotatable bonds is 8. The number of amides is 1. The van der Waals surface area contributed by atoms with Gasteiger partial charge in [0.05, 0.1) is 17.9 Å². The minimum Gasteiger partial charge on any atom is -0.497 e. The number of sulfonamides is 1. The zero-order valence-electron chi connectivity index (χ0n) is 19.2. The van der Waals surface area contributed by atoms with Crippen molar-refractivity contribution in [1.29, 1.82) is 0 Å². The van der Waals surface area contributed by atoms with Crippen molar-refractivity contribution in [2.75, 3.05) is 33.3 Å². The van der Waals surface area contributed by atoms with Crippen LogP contribution in [0.2, 0.25) is 0 Å². The maximum Gasteiger partial charge on any atom is 0.243 e. The lowest BCUT2D eigenvalue weighted by atomic mass is 9.98. The van der Waals surface area contributed by atoms with Crippen molar-refractivity contribution >= 4 is 15.9 Å². The standard InChI is InChI=1S/C25H33N3O4S/c1-32-23-10-12-24(13-11-23)33(30,31)28-16-4-5-22(19-28)25(29)26-17-20-6-8-21(9-7-20)18-27-14-2-3-15-27/h6-13,22H,2-5,14-19H2,1H3,(H,26,29)/t22-/m0/s1. The fourth-order valence-corrected chi connectivity index (χ4v) is 6.09. The molecule has 33 heavy (non-hydrogen) atoms. The van der Waals surface area contributed by atoms with Gasteiger partial charge in [-0.2, -0.15) is 4.31 Å². The molecular formula is C25H33N3O4S. The average Bonchev–Trinajstić information content (AvgIpc) is 3.36. The molecule has 2 saturated heterocycles. The number of methoxy groups -OCH3 is 1. The summed E-state index contributed by atoms with van der Waals surface area (Å²) in [6.07, 6.45) is 3.92. The van der Waals surface area contributed by atoms with E-state index in [1.165, 1.54) is 35.8 Å².